The highest BCUT2D eigenvalue weighted by Gasteiger charge is 2.41. The predicted molar refractivity (Wildman–Crippen MR) is 78.1 cm³/mol. The van der Waals surface area contributed by atoms with Crippen LogP contribution in [0.2, 0.25) is 0 Å². The molecule has 20 heavy (non-hydrogen) atoms. The molecular formula is C17H23NO2. The number of hydrogen-bond donors (Lipinski definition) is 1. The first kappa shape index (κ1) is 12.5. The van der Waals surface area contributed by atoms with E-state index in [4.69, 9.17) is 9.47 Å². The van der Waals surface area contributed by atoms with E-state index < -0.39 is 0 Å². The zero-order valence-corrected chi connectivity index (χ0v) is 11.9. The Bertz CT molecular complexity index is 468. The van der Waals surface area contributed by atoms with Gasteiger partial charge in [-0.25, -0.2) is 0 Å². The molecule has 0 saturated heterocycles. The van der Waals surface area contributed by atoms with E-state index in [2.05, 4.69) is 17.4 Å². The van der Waals surface area contributed by atoms with Crippen LogP contribution < -0.4 is 14.8 Å². The minimum Gasteiger partial charge on any atom is -0.490 e. The van der Waals surface area contributed by atoms with Crippen molar-refractivity contribution in [2.45, 2.75) is 44.7 Å². The van der Waals surface area contributed by atoms with Gasteiger partial charge in [-0.1, -0.05) is 12.1 Å². The molecule has 3 aliphatic rings. The molecule has 3 nitrogen and oxygen atoms in total. The molecule has 108 valence electrons. The third kappa shape index (κ3) is 2.64. The van der Waals surface area contributed by atoms with Gasteiger partial charge in [-0.05, 0) is 43.6 Å². The normalized spacial score (nSPS) is 21.9. The van der Waals surface area contributed by atoms with Gasteiger partial charge in [-0.15, -0.1) is 0 Å². The third-order valence-corrected chi connectivity index (χ3v) is 4.64. The highest BCUT2D eigenvalue weighted by atomic mass is 16.5. The summed E-state index contributed by atoms with van der Waals surface area (Å²) in [6.45, 7) is 2.43. The smallest absolute Gasteiger partial charge is 0.165 e. The highest BCUT2D eigenvalue weighted by Crippen LogP contribution is 2.45. The van der Waals surface area contributed by atoms with Crippen molar-refractivity contribution < 1.29 is 9.47 Å². The van der Waals surface area contributed by atoms with Crippen molar-refractivity contribution in [3.8, 4) is 11.5 Å². The molecule has 2 saturated carbocycles. The predicted octanol–water partition coefficient (Wildman–Crippen LogP) is 3.13. The third-order valence-electron chi connectivity index (χ3n) is 4.64. The molecule has 4 rings (SSSR count). The van der Waals surface area contributed by atoms with E-state index in [1.165, 1.54) is 31.2 Å². The molecule has 1 aliphatic heterocycles. The monoisotopic (exact) mass is 273 g/mol. The van der Waals surface area contributed by atoms with Crippen LogP contribution in [0.3, 0.4) is 0 Å². The molecule has 3 heteroatoms. The number of ether oxygens (including phenoxy) is 2. The summed E-state index contributed by atoms with van der Waals surface area (Å²) in [5, 5.41) is 3.79. The number of benzene rings is 1. The Morgan fingerprint density at radius 3 is 2.55 bits per heavy atom. The molecule has 1 heterocycles. The van der Waals surface area contributed by atoms with E-state index in [1.54, 1.807) is 0 Å². The van der Waals surface area contributed by atoms with Crippen molar-refractivity contribution in [3.05, 3.63) is 23.8 Å². The van der Waals surface area contributed by atoms with E-state index >= 15 is 0 Å². The molecule has 2 aliphatic carbocycles. The lowest BCUT2D eigenvalue weighted by molar-refractivity contribution is 0.295. The first-order valence-electron chi connectivity index (χ1n) is 8.03. The van der Waals surface area contributed by atoms with Crippen LogP contribution in [0.15, 0.2) is 18.2 Å². The topological polar surface area (TPSA) is 30.5 Å². The van der Waals surface area contributed by atoms with Crippen LogP contribution in [0.1, 0.15) is 37.7 Å². The van der Waals surface area contributed by atoms with Crippen molar-refractivity contribution in [2.24, 2.45) is 11.8 Å². The summed E-state index contributed by atoms with van der Waals surface area (Å²) in [5.41, 5.74) is 1.25. The van der Waals surface area contributed by atoms with Crippen molar-refractivity contribution in [1.29, 1.82) is 0 Å². The van der Waals surface area contributed by atoms with E-state index in [1.807, 2.05) is 6.07 Å². The number of nitrogens with one attached hydrogen (secondary N) is 1. The van der Waals surface area contributed by atoms with E-state index in [0.29, 0.717) is 0 Å². The summed E-state index contributed by atoms with van der Waals surface area (Å²) in [6.07, 6.45) is 6.64. The van der Waals surface area contributed by atoms with Gasteiger partial charge in [-0.3, -0.25) is 0 Å². The maximum atomic E-state index is 5.90. The maximum absolute atomic E-state index is 5.90. The average molecular weight is 273 g/mol. The average Bonchev–Trinajstić information content (AvgIpc) is 3.31. The van der Waals surface area contributed by atoms with Gasteiger partial charge in [0.05, 0.1) is 13.2 Å². The van der Waals surface area contributed by atoms with Crippen molar-refractivity contribution >= 4 is 0 Å². The summed E-state index contributed by atoms with van der Waals surface area (Å²) < 4.78 is 11.7. The Labute approximate surface area is 120 Å². The van der Waals surface area contributed by atoms with Gasteiger partial charge in [-0.2, -0.15) is 0 Å². The molecule has 0 amide bonds. The van der Waals surface area contributed by atoms with Crippen LogP contribution >= 0.6 is 0 Å². The van der Waals surface area contributed by atoms with Crippen molar-refractivity contribution in [2.75, 3.05) is 13.2 Å². The molecule has 0 aromatic heterocycles. The van der Waals surface area contributed by atoms with Crippen LogP contribution in [-0.2, 0) is 6.54 Å². The molecule has 0 spiro atoms. The first-order valence-corrected chi connectivity index (χ1v) is 8.03. The van der Waals surface area contributed by atoms with Gasteiger partial charge in [0.1, 0.15) is 0 Å². The van der Waals surface area contributed by atoms with Crippen LogP contribution in [0.5, 0.6) is 11.5 Å². The Morgan fingerprint density at radius 2 is 1.80 bits per heavy atom. The van der Waals surface area contributed by atoms with Gasteiger partial charge in [0.25, 0.3) is 0 Å². The summed E-state index contributed by atoms with van der Waals surface area (Å²) >= 11 is 0. The van der Waals surface area contributed by atoms with Gasteiger partial charge in [0, 0.05) is 24.6 Å². The quantitative estimate of drug-likeness (QED) is 0.894. The van der Waals surface area contributed by atoms with Gasteiger partial charge in [0.2, 0.25) is 0 Å². The summed E-state index contributed by atoms with van der Waals surface area (Å²) in [7, 11) is 0. The SMILES string of the molecule is c1cc(CNC(C2CC2)C2CC2)c2c(c1)OCCCO2. The Balaban J connectivity index is 1.47. The molecule has 1 N–H and O–H groups in total. The lowest BCUT2D eigenvalue weighted by atomic mass is 10.1. The first-order chi connectivity index (χ1) is 9.92. The van der Waals surface area contributed by atoms with Crippen LogP contribution in [-0.4, -0.2) is 19.3 Å². The molecule has 1 aromatic carbocycles. The van der Waals surface area contributed by atoms with E-state index in [0.717, 1.165) is 55.6 Å². The van der Waals surface area contributed by atoms with Gasteiger partial charge in [0.15, 0.2) is 11.5 Å². The molecule has 1 aromatic rings. The largest absolute Gasteiger partial charge is 0.490 e. The van der Waals surface area contributed by atoms with Gasteiger partial charge < -0.3 is 14.8 Å². The number of para-hydroxylation sites is 1. The second-order valence-corrected chi connectivity index (χ2v) is 6.38. The fraction of sp³-hybridized carbons (Fsp3) is 0.647. The number of fused-ring (bicyclic) bond motifs is 1. The second kappa shape index (κ2) is 5.28. The zero-order chi connectivity index (χ0) is 13.4. The molecule has 2 fully saturated rings. The van der Waals surface area contributed by atoms with Crippen LogP contribution in [0.4, 0.5) is 0 Å². The van der Waals surface area contributed by atoms with Gasteiger partial charge >= 0.3 is 0 Å². The van der Waals surface area contributed by atoms with E-state index in [-0.39, 0.29) is 0 Å². The lowest BCUT2D eigenvalue weighted by Gasteiger charge is -2.19. The fourth-order valence-electron chi connectivity index (χ4n) is 3.25. The minimum atomic E-state index is 0.734. The summed E-state index contributed by atoms with van der Waals surface area (Å²) in [5.74, 6) is 3.74. The molecule has 0 unspecified atom stereocenters. The highest BCUT2D eigenvalue weighted by molar-refractivity contribution is 5.47. The molecule has 0 bridgehead atoms. The summed E-state index contributed by atoms with van der Waals surface area (Å²) in [4.78, 5) is 0. The van der Waals surface area contributed by atoms with Crippen LogP contribution in [0.25, 0.3) is 0 Å². The van der Waals surface area contributed by atoms with Crippen molar-refractivity contribution in [3.63, 3.8) is 0 Å². The lowest BCUT2D eigenvalue weighted by Crippen LogP contribution is -2.32. The molecular weight excluding hydrogens is 250 g/mol. The van der Waals surface area contributed by atoms with Crippen LogP contribution in [0, 0.1) is 11.8 Å². The molecule has 0 atom stereocenters. The number of hydrogen-bond acceptors (Lipinski definition) is 3. The minimum absolute atomic E-state index is 0.734. The Hall–Kier alpha value is -1.22. The van der Waals surface area contributed by atoms with Crippen molar-refractivity contribution in [1.82, 2.24) is 5.32 Å². The zero-order valence-electron chi connectivity index (χ0n) is 11.9. The van der Waals surface area contributed by atoms with E-state index in [9.17, 15) is 0 Å². The number of rotatable bonds is 5. The second-order valence-electron chi connectivity index (χ2n) is 6.38. The Kier molecular flexibility index (Phi) is 3.31. The maximum Gasteiger partial charge on any atom is 0.165 e. The standard InChI is InChI=1S/C17H23NO2/c1-3-14(17-15(4-1)19-9-2-10-20-17)11-18-16(12-5-6-12)13-7-8-13/h1,3-4,12-13,16,18H,2,5-11H2. The molecule has 0 radical (unpaired) electrons. The fourth-order valence-corrected chi connectivity index (χ4v) is 3.25. The Morgan fingerprint density at radius 1 is 1.05 bits per heavy atom. The summed E-state index contributed by atoms with van der Waals surface area (Å²) in [6, 6.07) is 6.99.